The van der Waals surface area contributed by atoms with E-state index in [2.05, 4.69) is 14.4 Å². The van der Waals surface area contributed by atoms with E-state index < -0.39 is 20.0 Å². The molecule has 33 heavy (non-hydrogen) atoms. The van der Waals surface area contributed by atoms with Crippen molar-refractivity contribution in [1.29, 1.82) is 0 Å². The van der Waals surface area contributed by atoms with Gasteiger partial charge in [0.25, 0.3) is 10.0 Å². The fourth-order valence-corrected chi connectivity index (χ4v) is 6.52. The van der Waals surface area contributed by atoms with Crippen LogP contribution in [0.25, 0.3) is 0 Å². The molecular formula is C22H26N4O5S2. The smallest absolute Gasteiger partial charge is 0.285 e. The molecule has 2 aliphatic heterocycles. The van der Waals surface area contributed by atoms with E-state index in [1.54, 1.807) is 44.2 Å². The van der Waals surface area contributed by atoms with Crippen molar-refractivity contribution in [3.8, 4) is 0 Å². The first-order valence-corrected chi connectivity index (χ1v) is 13.6. The topological polar surface area (TPSA) is 125 Å². The lowest BCUT2D eigenvalue weighted by molar-refractivity contribution is -0.121. The maximum atomic E-state index is 12.9. The lowest BCUT2D eigenvalue weighted by Gasteiger charge is -2.33. The van der Waals surface area contributed by atoms with Gasteiger partial charge in [-0.3, -0.25) is 4.79 Å². The van der Waals surface area contributed by atoms with Gasteiger partial charge in [0, 0.05) is 30.4 Å². The van der Waals surface area contributed by atoms with Crippen molar-refractivity contribution in [2.24, 2.45) is 10.3 Å². The molecule has 0 radical (unpaired) electrons. The van der Waals surface area contributed by atoms with Crippen molar-refractivity contribution in [1.82, 2.24) is 9.62 Å². The number of carbonyl (C=O) groups excluding carboxylic acids is 1. The lowest BCUT2D eigenvalue weighted by Crippen LogP contribution is -2.43. The number of amides is 1. The number of anilines is 1. The summed E-state index contributed by atoms with van der Waals surface area (Å²) in [5.74, 6) is -0.177. The first-order chi connectivity index (χ1) is 15.6. The number of nitrogens with zero attached hydrogens (tertiary/aromatic N) is 2. The third-order valence-corrected chi connectivity index (χ3v) is 8.53. The Morgan fingerprint density at radius 3 is 2.52 bits per heavy atom. The summed E-state index contributed by atoms with van der Waals surface area (Å²) in [5, 5.41) is 2.84. The van der Waals surface area contributed by atoms with Crippen molar-refractivity contribution in [3.63, 3.8) is 0 Å². The molecule has 1 amide bonds. The van der Waals surface area contributed by atoms with Gasteiger partial charge in [-0.1, -0.05) is 12.1 Å². The standard InChI is InChI=1S/C22H26N4O5S2/c1-15(2)24-32(28,29)18-11-9-17(10-12-18)23-22(27)16-6-5-13-26(14-16)21-19-7-3-4-8-20(19)33(30,31)25-21/h3-4,7-12,15-16,24H,5-6,13-14H2,1-2H3,(H,23,27). The number of hydrogen-bond donors (Lipinski definition) is 2. The van der Waals surface area contributed by atoms with Crippen molar-refractivity contribution in [2.75, 3.05) is 18.4 Å². The predicted molar refractivity (Wildman–Crippen MR) is 125 cm³/mol. The molecule has 1 saturated heterocycles. The highest BCUT2D eigenvalue weighted by Crippen LogP contribution is 2.30. The zero-order valence-corrected chi connectivity index (χ0v) is 20.0. The van der Waals surface area contributed by atoms with Gasteiger partial charge in [0.1, 0.15) is 4.90 Å². The summed E-state index contributed by atoms with van der Waals surface area (Å²) in [6.07, 6.45) is 1.38. The Hall–Kier alpha value is -2.76. The number of amidine groups is 1. The number of sulfonamides is 2. The number of piperidine rings is 1. The van der Waals surface area contributed by atoms with Gasteiger partial charge in [-0.15, -0.1) is 4.40 Å². The summed E-state index contributed by atoms with van der Waals surface area (Å²) >= 11 is 0. The molecule has 2 N–H and O–H groups in total. The highest BCUT2D eigenvalue weighted by molar-refractivity contribution is 7.90. The van der Waals surface area contributed by atoms with E-state index in [1.807, 2.05) is 4.90 Å². The molecule has 176 valence electrons. The number of rotatable bonds is 5. The molecule has 2 heterocycles. The van der Waals surface area contributed by atoms with Crippen molar-refractivity contribution in [2.45, 2.75) is 42.5 Å². The Labute approximate surface area is 194 Å². The Morgan fingerprint density at radius 2 is 1.82 bits per heavy atom. The fourth-order valence-electron chi connectivity index (χ4n) is 4.04. The molecular weight excluding hydrogens is 464 g/mol. The van der Waals surface area contributed by atoms with E-state index in [0.29, 0.717) is 36.6 Å². The Morgan fingerprint density at radius 1 is 1.12 bits per heavy atom. The first-order valence-electron chi connectivity index (χ1n) is 10.7. The number of carbonyl (C=O) groups is 1. The van der Waals surface area contributed by atoms with Crippen LogP contribution >= 0.6 is 0 Å². The molecule has 0 aromatic heterocycles. The summed E-state index contributed by atoms with van der Waals surface area (Å²) in [4.78, 5) is 15.1. The highest BCUT2D eigenvalue weighted by Gasteiger charge is 2.35. The second kappa shape index (κ2) is 8.88. The number of benzene rings is 2. The van der Waals surface area contributed by atoms with Gasteiger partial charge >= 0.3 is 0 Å². The average Bonchev–Trinajstić information content (AvgIpc) is 3.04. The second-order valence-electron chi connectivity index (χ2n) is 8.46. The van der Waals surface area contributed by atoms with Gasteiger partial charge in [-0.25, -0.2) is 13.1 Å². The summed E-state index contributed by atoms with van der Waals surface area (Å²) in [7, 11) is -7.33. The van der Waals surface area contributed by atoms with E-state index in [-0.39, 0.29) is 27.7 Å². The van der Waals surface area contributed by atoms with E-state index in [9.17, 15) is 21.6 Å². The van der Waals surface area contributed by atoms with E-state index in [1.165, 1.54) is 18.2 Å². The second-order valence-corrected chi connectivity index (χ2v) is 11.7. The largest absolute Gasteiger partial charge is 0.355 e. The van der Waals surface area contributed by atoms with Crippen molar-refractivity contribution < 1.29 is 21.6 Å². The minimum absolute atomic E-state index is 0.122. The molecule has 4 rings (SSSR count). The minimum atomic E-state index is -3.72. The van der Waals surface area contributed by atoms with E-state index in [0.717, 1.165) is 6.42 Å². The van der Waals surface area contributed by atoms with Crippen LogP contribution in [-0.2, 0) is 24.8 Å². The van der Waals surface area contributed by atoms with Crippen LogP contribution in [0.3, 0.4) is 0 Å². The minimum Gasteiger partial charge on any atom is -0.355 e. The van der Waals surface area contributed by atoms with Gasteiger partial charge in [-0.05, 0) is 63.1 Å². The van der Waals surface area contributed by atoms with Crippen molar-refractivity contribution in [3.05, 3.63) is 54.1 Å². The monoisotopic (exact) mass is 490 g/mol. The third kappa shape index (κ3) is 4.94. The molecule has 1 atom stereocenters. The Bertz CT molecular complexity index is 1300. The summed E-state index contributed by atoms with van der Waals surface area (Å²) in [5.41, 5.74) is 1.05. The van der Waals surface area contributed by atoms with Gasteiger partial charge in [0.15, 0.2) is 5.84 Å². The number of hydrogen-bond acceptors (Lipinski definition) is 6. The van der Waals surface area contributed by atoms with Gasteiger partial charge < -0.3 is 10.2 Å². The van der Waals surface area contributed by atoms with Gasteiger partial charge in [-0.2, -0.15) is 8.42 Å². The molecule has 1 fully saturated rings. The molecule has 9 nitrogen and oxygen atoms in total. The zero-order valence-electron chi connectivity index (χ0n) is 18.4. The molecule has 1 unspecified atom stereocenters. The Kier molecular flexibility index (Phi) is 6.30. The summed E-state index contributed by atoms with van der Waals surface area (Å²) in [6.45, 7) is 4.44. The van der Waals surface area contributed by atoms with Crippen LogP contribution in [0.4, 0.5) is 5.69 Å². The normalized spacial score (nSPS) is 19.8. The highest BCUT2D eigenvalue weighted by atomic mass is 32.2. The maximum Gasteiger partial charge on any atom is 0.285 e. The zero-order chi connectivity index (χ0) is 23.8. The van der Waals surface area contributed by atoms with Gasteiger partial charge in [0.05, 0.1) is 10.8 Å². The van der Waals surface area contributed by atoms with Crippen LogP contribution in [-0.4, -0.2) is 52.6 Å². The van der Waals surface area contributed by atoms with E-state index in [4.69, 9.17) is 0 Å². The first kappa shape index (κ1) is 23.4. The third-order valence-electron chi connectivity index (χ3n) is 5.53. The molecule has 0 bridgehead atoms. The van der Waals surface area contributed by atoms with Crippen molar-refractivity contribution >= 4 is 37.5 Å². The quantitative estimate of drug-likeness (QED) is 0.662. The molecule has 2 aliphatic rings. The molecule has 0 spiro atoms. The van der Waals surface area contributed by atoms with E-state index >= 15 is 0 Å². The number of nitrogens with one attached hydrogen (secondary N) is 2. The molecule has 11 heteroatoms. The van der Waals surface area contributed by atoms with Crippen LogP contribution in [0.5, 0.6) is 0 Å². The predicted octanol–water partition coefficient (Wildman–Crippen LogP) is 2.17. The molecule has 2 aromatic rings. The van der Waals surface area contributed by atoms with Crippen LogP contribution in [0.15, 0.2) is 62.7 Å². The molecule has 0 aliphatic carbocycles. The van der Waals surface area contributed by atoms with Crippen LogP contribution in [0.1, 0.15) is 32.3 Å². The maximum absolute atomic E-state index is 12.9. The molecule has 2 aromatic carbocycles. The Balaban J connectivity index is 1.45. The van der Waals surface area contributed by atoms with Crippen LogP contribution in [0.2, 0.25) is 0 Å². The number of likely N-dealkylation sites (tertiary alicyclic amines) is 1. The van der Waals surface area contributed by atoms with Crippen LogP contribution < -0.4 is 10.0 Å². The van der Waals surface area contributed by atoms with Gasteiger partial charge in [0.2, 0.25) is 15.9 Å². The summed E-state index contributed by atoms with van der Waals surface area (Å²) in [6, 6.07) is 12.5. The van der Waals surface area contributed by atoms with Crippen LogP contribution in [0, 0.1) is 5.92 Å². The fraction of sp³-hybridized carbons (Fsp3) is 0.364. The SMILES string of the molecule is CC(C)NS(=O)(=O)c1ccc(NC(=O)C2CCCN(C3=NS(=O)(=O)c4ccccc43)C2)cc1. The average molecular weight is 491 g/mol. The summed E-state index contributed by atoms with van der Waals surface area (Å²) < 4.78 is 55.8. The molecule has 0 saturated carbocycles. The number of fused-ring (bicyclic) bond motifs is 1. The lowest BCUT2D eigenvalue weighted by atomic mass is 9.96.